The van der Waals surface area contributed by atoms with Crippen molar-refractivity contribution in [3.05, 3.63) is 30.3 Å². The van der Waals surface area contributed by atoms with Crippen molar-refractivity contribution in [3.63, 3.8) is 0 Å². The highest BCUT2D eigenvalue weighted by atomic mass is 16.4. The molecule has 0 atom stereocenters. The molecule has 1 rings (SSSR count). The normalized spacial score (nSPS) is 7.83. The monoisotopic (exact) mass is 169 g/mol. The highest BCUT2D eigenvalue weighted by molar-refractivity contribution is 5.82. The summed E-state index contributed by atoms with van der Waals surface area (Å²) in [6.45, 7) is 0. The van der Waals surface area contributed by atoms with Crippen LogP contribution >= 0.6 is 0 Å². The van der Waals surface area contributed by atoms with Crippen molar-refractivity contribution < 1.29 is 9.90 Å². The second kappa shape index (κ2) is 6.14. The van der Waals surface area contributed by atoms with E-state index in [4.69, 9.17) is 5.11 Å². The van der Waals surface area contributed by atoms with Crippen LogP contribution in [0.5, 0.6) is 0 Å². The summed E-state index contributed by atoms with van der Waals surface area (Å²) >= 11 is 0. The van der Waals surface area contributed by atoms with Crippen LogP contribution in [0.2, 0.25) is 0 Å². The van der Waals surface area contributed by atoms with Crippen molar-refractivity contribution >= 4 is 11.8 Å². The van der Waals surface area contributed by atoms with Crippen molar-refractivity contribution in [2.24, 2.45) is 11.7 Å². The van der Waals surface area contributed by atoms with Gasteiger partial charge >= 0.3 is 6.09 Å². The van der Waals surface area contributed by atoms with E-state index in [-0.39, 0.29) is 0 Å². The fourth-order valence-electron chi connectivity index (χ4n) is 0.645. The summed E-state index contributed by atoms with van der Waals surface area (Å²) in [7, 11) is 0. The molecule has 0 saturated heterocycles. The van der Waals surface area contributed by atoms with Crippen LogP contribution in [0, 0.1) is 0 Å². The molecule has 0 heterocycles. The Balaban J connectivity index is 0.000000561. The molecule has 0 aliphatic rings. The maximum Gasteiger partial charge on any atom is 0.409 e. The van der Waals surface area contributed by atoms with Crippen molar-refractivity contribution in [2.45, 2.75) is 0 Å². The smallest absolute Gasteiger partial charge is 0.409 e. The molecule has 0 radical (unpaired) electrons. The van der Waals surface area contributed by atoms with Crippen molar-refractivity contribution in [2.75, 3.05) is 5.32 Å². The molecule has 0 aromatic heterocycles. The van der Waals surface area contributed by atoms with E-state index >= 15 is 0 Å². The van der Waals surface area contributed by atoms with Crippen molar-refractivity contribution in [1.29, 1.82) is 0 Å². The summed E-state index contributed by atoms with van der Waals surface area (Å²) in [6.07, 6.45) is -1.04. The number of hydrogen-bond acceptors (Lipinski definition) is 3. The minimum Gasteiger partial charge on any atom is -0.465 e. The summed E-state index contributed by atoms with van der Waals surface area (Å²) in [4.78, 5) is 10.1. The van der Waals surface area contributed by atoms with Crippen LogP contribution in [0.25, 0.3) is 0 Å². The quantitative estimate of drug-likeness (QED) is 0.365. The second-order valence-corrected chi connectivity index (χ2v) is 1.80. The molecule has 0 spiro atoms. The van der Waals surface area contributed by atoms with Crippen LogP contribution in [0.4, 0.5) is 10.5 Å². The topological polar surface area (TPSA) is 101 Å². The second-order valence-electron chi connectivity index (χ2n) is 1.80. The Morgan fingerprint density at radius 1 is 1.25 bits per heavy atom. The SMILES string of the molecule is NN.O=C(O)Nc1ccccc1. The first-order valence-electron chi connectivity index (χ1n) is 3.17. The first-order valence-corrected chi connectivity index (χ1v) is 3.17. The van der Waals surface area contributed by atoms with Crippen LogP contribution in [0.15, 0.2) is 30.3 Å². The zero-order valence-electron chi connectivity index (χ0n) is 6.40. The fraction of sp³-hybridized carbons (Fsp3) is 0. The van der Waals surface area contributed by atoms with Gasteiger partial charge in [0.1, 0.15) is 0 Å². The summed E-state index contributed by atoms with van der Waals surface area (Å²) in [5.74, 6) is 8.00. The van der Waals surface area contributed by atoms with Gasteiger partial charge in [-0.25, -0.2) is 4.79 Å². The van der Waals surface area contributed by atoms with E-state index in [0.29, 0.717) is 5.69 Å². The van der Waals surface area contributed by atoms with Gasteiger partial charge in [0, 0.05) is 5.69 Å². The molecule has 5 nitrogen and oxygen atoms in total. The molecule has 1 amide bonds. The third-order valence-corrected chi connectivity index (χ3v) is 1.03. The molecule has 66 valence electrons. The predicted molar refractivity (Wildman–Crippen MR) is 46.5 cm³/mol. The van der Waals surface area contributed by atoms with E-state index in [1.807, 2.05) is 6.07 Å². The molecule has 1 aromatic carbocycles. The molecule has 12 heavy (non-hydrogen) atoms. The largest absolute Gasteiger partial charge is 0.465 e. The lowest BCUT2D eigenvalue weighted by molar-refractivity contribution is 0.210. The van der Waals surface area contributed by atoms with Gasteiger partial charge in [-0.3, -0.25) is 17.0 Å². The van der Waals surface area contributed by atoms with Gasteiger partial charge < -0.3 is 5.11 Å². The van der Waals surface area contributed by atoms with Gasteiger partial charge in [-0.15, -0.1) is 0 Å². The Kier molecular flexibility index (Phi) is 5.33. The van der Waals surface area contributed by atoms with Gasteiger partial charge in [0.15, 0.2) is 0 Å². The van der Waals surface area contributed by atoms with E-state index in [1.165, 1.54) is 0 Å². The minimum atomic E-state index is -1.04. The average molecular weight is 169 g/mol. The van der Waals surface area contributed by atoms with Crippen LogP contribution in [0.3, 0.4) is 0 Å². The number of carbonyl (C=O) groups is 1. The fourth-order valence-corrected chi connectivity index (χ4v) is 0.645. The molecule has 0 saturated carbocycles. The van der Waals surface area contributed by atoms with Crippen LogP contribution in [-0.4, -0.2) is 11.2 Å². The Hall–Kier alpha value is -1.59. The maximum absolute atomic E-state index is 10.1. The highest BCUT2D eigenvalue weighted by Gasteiger charge is 1.92. The lowest BCUT2D eigenvalue weighted by Crippen LogP contribution is -2.06. The predicted octanol–water partition coefficient (Wildman–Crippen LogP) is 0.595. The van der Waals surface area contributed by atoms with E-state index in [9.17, 15) is 4.79 Å². The number of benzene rings is 1. The lowest BCUT2D eigenvalue weighted by atomic mass is 10.3. The third-order valence-electron chi connectivity index (χ3n) is 1.03. The number of amides is 1. The highest BCUT2D eigenvalue weighted by Crippen LogP contribution is 2.03. The summed E-state index contributed by atoms with van der Waals surface area (Å²) in [5, 5.41) is 10.5. The number of hydrogen-bond donors (Lipinski definition) is 4. The van der Waals surface area contributed by atoms with Gasteiger partial charge in [0.2, 0.25) is 0 Å². The Bertz CT molecular complexity index is 225. The molecular formula is C7H11N3O2. The Morgan fingerprint density at radius 2 is 1.75 bits per heavy atom. The minimum absolute atomic E-state index is 0.593. The molecule has 0 bridgehead atoms. The zero-order chi connectivity index (χ0) is 9.40. The molecule has 0 aliphatic carbocycles. The third kappa shape index (κ3) is 4.26. The van der Waals surface area contributed by atoms with E-state index in [2.05, 4.69) is 17.0 Å². The Labute approximate surface area is 70.0 Å². The number of rotatable bonds is 1. The zero-order valence-corrected chi connectivity index (χ0v) is 6.40. The maximum atomic E-state index is 10.1. The molecule has 5 heteroatoms. The standard InChI is InChI=1S/C7H7NO2.H4N2/c9-7(10)8-6-4-2-1-3-5-6;1-2/h1-5,8H,(H,9,10);1-2H2. The number of anilines is 1. The van der Waals surface area contributed by atoms with Gasteiger partial charge in [0.25, 0.3) is 0 Å². The van der Waals surface area contributed by atoms with Gasteiger partial charge in [-0.2, -0.15) is 0 Å². The van der Waals surface area contributed by atoms with Gasteiger partial charge in [0.05, 0.1) is 0 Å². The van der Waals surface area contributed by atoms with E-state index in [1.54, 1.807) is 24.3 Å². The molecule has 0 unspecified atom stereocenters. The first-order chi connectivity index (χ1) is 5.79. The number of hydrazine groups is 1. The molecule has 0 aliphatic heterocycles. The molecular weight excluding hydrogens is 158 g/mol. The molecule has 1 aromatic rings. The first kappa shape index (κ1) is 10.4. The van der Waals surface area contributed by atoms with Crippen molar-refractivity contribution in [1.82, 2.24) is 0 Å². The molecule has 0 fully saturated rings. The van der Waals surface area contributed by atoms with Gasteiger partial charge in [-0.05, 0) is 12.1 Å². The lowest BCUT2D eigenvalue weighted by Gasteiger charge is -1.96. The Morgan fingerprint density at radius 3 is 2.17 bits per heavy atom. The van der Waals surface area contributed by atoms with Crippen LogP contribution < -0.4 is 17.0 Å². The van der Waals surface area contributed by atoms with Crippen LogP contribution in [0.1, 0.15) is 0 Å². The molecule has 6 N–H and O–H groups in total. The number of nitrogens with one attached hydrogen (secondary N) is 1. The van der Waals surface area contributed by atoms with Crippen molar-refractivity contribution in [3.8, 4) is 0 Å². The van der Waals surface area contributed by atoms with Crippen LogP contribution in [-0.2, 0) is 0 Å². The number of nitrogens with two attached hydrogens (primary N) is 2. The summed E-state index contributed by atoms with van der Waals surface area (Å²) in [5.41, 5.74) is 0.593. The number of carboxylic acid groups (broad SMARTS) is 1. The van der Waals surface area contributed by atoms with Gasteiger partial charge in [-0.1, -0.05) is 18.2 Å². The van der Waals surface area contributed by atoms with E-state index in [0.717, 1.165) is 0 Å². The van der Waals surface area contributed by atoms with E-state index < -0.39 is 6.09 Å². The number of para-hydroxylation sites is 1. The summed E-state index contributed by atoms with van der Waals surface area (Å²) in [6, 6.07) is 8.74. The summed E-state index contributed by atoms with van der Waals surface area (Å²) < 4.78 is 0. The average Bonchev–Trinajstić information content (AvgIpc) is 2.08.